The Morgan fingerprint density at radius 1 is 1.67 bits per heavy atom. The van der Waals surface area contributed by atoms with Crippen LogP contribution in [0.4, 0.5) is 0 Å². The highest BCUT2D eigenvalue weighted by molar-refractivity contribution is 8.17. The lowest BCUT2D eigenvalue weighted by atomic mass is 9.78. The Morgan fingerprint density at radius 2 is 2.33 bits per heavy atom. The Morgan fingerprint density at radius 3 is 2.44 bits per heavy atom. The number of nitrogens with two attached hydrogens (primary N) is 1. The lowest BCUT2D eigenvalue weighted by Gasteiger charge is -2.51. The molecule has 9 heavy (non-hydrogen) atoms. The molecule has 1 aliphatic carbocycles. The summed E-state index contributed by atoms with van der Waals surface area (Å²) in [4.78, 5) is 10.7. The van der Waals surface area contributed by atoms with E-state index in [1.807, 2.05) is 0 Å². The summed E-state index contributed by atoms with van der Waals surface area (Å²) in [5.41, 5.74) is 5.59. The fourth-order valence-electron chi connectivity index (χ4n) is 1.42. The summed E-state index contributed by atoms with van der Waals surface area (Å²) in [6.07, 6.45) is 3.57. The second-order valence-corrected chi connectivity index (χ2v) is 4.24. The number of carbonyl (C=O) groups excluding carboxylic acids is 1. The van der Waals surface area contributed by atoms with Gasteiger partial charge in [0.2, 0.25) is 5.12 Å². The van der Waals surface area contributed by atoms with E-state index in [1.165, 1.54) is 18.2 Å². The number of hydrogen-bond acceptors (Lipinski definition) is 3. The molecule has 1 saturated carbocycles. The van der Waals surface area contributed by atoms with Crippen LogP contribution in [0.5, 0.6) is 0 Å². The van der Waals surface area contributed by atoms with Gasteiger partial charge in [-0.1, -0.05) is 18.2 Å². The van der Waals surface area contributed by atoms with Crippen LogP contribution in [-0.4, -0.2) is 15.9 Å². The van der Waals surface area contributed by atoms with Crippen molar-refractivity contribution in [2.24, 2.45) is 5.73 Å². The summed E-state index contributed by atoms with van der Waals surface area (Å²) in [6, 6.07) is -0.128. The lowest BCUT2D eigenvalue weighted by Crippen LogP contribution is -2.62. The molecule has 50 valence electrons. The molecular formula is C6H9NOS. The normalized spacial score (nSPS) is 37.9. The first-order chi connectivity index (χ1) is 4.25. The zero-order chi connectivity index (χ0) is 6.48. The quantitative estimate of drug-likeness (QED) is 0.537. The first-order valence-electron chi connectivity index (χ1n) is 3.23. The van der Waals surface area contributed by atoms with Gasteiger partial charge in [-0.2, -0.15) is 0 Å². The summed E-state index contributed by atoms with van der Waals surface area (Å²) >= 11 is 1.46. The van der Waals surface area contributed by atoms with Crippen molar-refractivity contribution >= 4 is 16.9 Å². The Labute approximate surface area is 58.2 Å². The van der Waals surface area contributed by atoms with Crippen LogP contribution in [0.3, 0.4) is 0 Å². The third kappa shape index (κ3) is 0.540. The Bertz CT molecular complexity index is 164. The van der Waals surface area contributed by atoms with Gasteiger partial charge in [0.15, 0.2) is 0 Å². The number of carbonyl (C=O) groups is 1. The first-order valence-corrected chi connectivity index (χ1v) is 4.05. The monoisotopic (exact) mass is 143 g/mol. The van der Waals surface area contributed by atoms with Gasteiger partial charge in [0.25, 0.3) is 0 Å². The van der Waals surface area contributed by atoms with Gasteiger partial charge < -0.3 is 5.73 Å². The van der Waals surface area contributed by atoms with E-state index < -0.39 is 0 Å². The molecule has 0 amide bonds. The highest BCUT2D eigenvalue weighted by Gasteiger charge is 2.56. The minimum absolute atomic E-state index is 0.128. The van der Waals surface area contributed by atoms with Gasteiger partial charge in [-0.25, -0.2) is 0 Å². The first kappa shape index (κ1) is 5.74. The van der Waals surface area contributed by atoms with Crippen LogP contribution < -0.4 is 5.73 Å². The third-order valence-corrected chi connectivity index (χ3v) is 3.85. The fourth-order valence-corrected chi connectivity index (χ4v) is 2.72. The van der Waals surface area contributed by atoms with Gasteiger partial charge in [-0.05, 0) is 12.8 Å². The van der Waals surface area contributed by atoms with Gasteiger partial charge >= 0.3 is 0 Å². The molecule has 1 aliphatic heterocycles. The van der Waals surface area contributed by atoms with Gasteiger partial charge in [0.1, 0.15) is 0 Å². The van der Waals surface area contributed by atoms with E-state index in [4.69, 9.17) is 5.73 Å². The molecule has 1 unspecified atom stereocenters. The molecule has 0 bridgehead atoms. The molecule has 0 aromatic rings. The van der Waals surface area contributed by atoms with Crippen LogP contribution in [-0.2, 0) is 4.79 Å². The SMILES string of the molecule is NC1C(=O)SC12CCC2. The number of thioether (sulfide) groups is 1. The van der Waals surface area contributed by atoms with Gasteiger partial charge in [0, 0.05) is 4.75 Å². The summed E-state index contributed by atoms with van der Waals surface area (Å²) in [6.45, 7) is 0. The predicted molar refractivity (Wildman–Crippen MR) is 37.2 cm³/mol. The van der Waals surface area contributed by atoms with E-state index in [1.54, 1.807) is 0 Å². The van der Waals surface area contributed by atoms with Crippen molar-refractivity contribution in [3.8, 4) is 0 Å². The molecule has 0 aromatic carbocycles. The second kappa shape index (κ2) is 1.52. The van der Waals surface area contributed by atoms with Crippen molar-refractivity contribution in [1.82, 2.24) is 0 Å². The van der Waals surface area contributed by atoms with Crippen LogP contribution in [0.15, 0.2) is 0 Å². The van der Waals surface area contributed by atoms with E-state index in [0.717, 1.165) is 12.8 Å². The minimum Gasteiger partial charge on any atom is -0.320 e. The zero-order valence-corrected chi connectivity index (χ0v) is 5.91. The molecule has 1 atom stereocenters. The summed E-state index contributed by atoms with van der Waals surface area (Å²) in [5.74, 6) is 0. The molecule has 0 radical (unpaired) electrons. The van der Waals surface area contributed by atoms with Crippen molar-refractivity contribution in [2.75, 3.05) is 0 Å². The average Bonchev–Trinajstić information content (AvgIpc) is 1.77. The van der Waals surface area contributed by atoms with Crippen molar-refractivity contribution < 1.29 is 4.79 Å². The minimum atomic E-state index is -0.128. The van der Waals surface area contributed by atoms with E-state index in [2.05, 4.69) is 0 Å². The van der Waals surface area contributed by atoms with E-state index in [-0.39, 0.29) is 15.9 Å². The second-order valence-electron chi connectivity index (χ2n) is 2.82. The maximum atomic E-state index is 10.7. The Kier molecular flexibility index (Phi) is 0.971. The molecule has 0 aromatic heterocycles. The zero-order valence-electron chi connectivity index (χ0n) is 5.09. The van der Waals surface area contributed by atoms with Crippen LogP contribution in [0.2, 0.25) is 0 Å². The molecule has 2 fully saturated rings. The largest absolute Gasteiger partial charge is 0.320 e. The van der Waals surface area contributed by atoms with Crippen LogP contribution in [0.1, 0.15) is 19.3 Å². The Balaban J connectivity index is 2.10. The molecule has 3 heteroatoms. The summed E-state index contributed by atoms with van der Waals surface area (Å²) in [5, 5.41) is 0.190. The van der Waals surface area contributed by atoms with Crippen molar-refractivity contribution in [3.63, 3.8) is 0 Å². The molecule has 2 nitrogen and oxygen atoms in total. The van der Waals surface area contributed by atoms with Crippen LogP contribution in [0, 0.1) is 0 Å². The van der Waals surface area contributed by atoms with Crippen molar-refractivity contribution in [3.05, 3.63) is 0 Å². The molecule has 1 spiro atoms. The third-order valence-electron chi connectivity index (χ3n) is 2.32. The fraction of sp³-hybridized carbons (Fsp3) is 0.833. The van der Waals surface area contributed by atoms with E-state index >= 15 is 0 Å². The molecule has 1 saturated heterocycles. The average molecular weight is 143 g/mol. The van der Waals surface area contributed by atoms with E-state index in [9.17, 15) is 4.79 Å². The van der Waals surface area contributed by atoms with Crippen LogP contribution in [0.25, 0.3) is 0 Å². The van der Waals surface area contributed by atoms with Gasteiger partial charge in [0.05, 0.1) is 6.04 Å². The molecule has 2 N–H and O–H groups in total. The van der Waals surface area contributed by atoms with Gasteiger partial charge in [-0.15, -0.1) is 0 Å². The van der Waals surface area contributed by atoms with Crippen molar-refractivity contribution in [2.45, 2.75) is 30.1 Å². The highest BCUT2D eigenvalue weighted by atomic mass is 32.2. The number of hydrogen-bond donors (Lipinski definition) is 1. The van der Waals surface area contributed by atoms with E-state index in [0.29, 0.717) is 0 Å². The molecule has 1 heterocycles. The Hall–Kier alpha value is -0.0200. The van der Waals surface area contributed by atoms with Crippen molar-refractivity contribution in [1.29, 1.82) is 0 Å². The highest BCUT2D eigenvalue weighted by Crippen LogP contribution is 2.54. The standard InChI is InChI=1S/C6H9NOS/c7-4-5(8)9-6(4)2-1-3-6/h4H,1-3,7H2. The topological polar surface area (TPSA) is 43.1 Å². The number of rotatable bonds is 0. The maximum absolute atomic E-state index is 10.7. The molecule has 2 rings (SSSR count). The predicted octanol–water partition coefficient (Wildman–Crippen LogP) is 0.510. The summed E-state index contributed by atoms with van der Waals surface area (Å²) < 4.78 is 0.219. The molecule has 2 aliphatic rings. The molecular weight excluding hydrogens is 134 g/mol. The smallest absolute Gasteiger partial charge is 0.207 e. The van der Waals surface area contributed by atoms with Crippen LogP contribution >= 0.6 is 11.8 Å². The summed E-state index contributed by atoms with van der Waals surface area (Å²) in [7, 11) is 0. The maximum Gasteiger partial charge on any atom is 0.207 e. The van der Waals surface area contributed by atoms with Gasteiger partial charge in [-0.3, -0.25) is 4.79 Å². The lowest BCUT2D eigenvalue weighted by molar-refractivity contribution is -0.115.